The Balaban J connectivity index is 2.41. The van der Waals surface area contributed by atoms with E-state index in [0.29, 0.717) is 4.90 Å². The lowest BCUT2D eigenvalue weighted by molar-refractivity contribution is -0.112. The molecule has 0 aliphatic heterocycles. The third-order valence-electron chi connectivity index (χ3n) is 4.07. The second-order valence-corrected chi connectivity index (χ2v) is 6.71. The number of halogens is 2. The van der Waals surface area contributed by atoms with Crippen LogP contribution in [0.3, 0.4) is 0 Å². The van der Waals surface area contributed by atoms with Crippen LogP contribution < -0.4 is 15.4 Å². The summed E-state index contributed by atoms with van der Waals surface area (Å²) in [5.41, 5.74) is 4.53. The number of nitrogens with zero attached hydrogens (tertiary/aromatic N) is 1. The largest absolute Gasteiger partial charge is 0.489 e. The van der Waals surface area contributed by atoms with Gasteiger partial charge in [0.2, 0.25) is 0 Å². The number of urea groups is 1. The maximum absolute atomic E-state index is 14.4. The number of hydrogen-bond donors (Lipinski definition) is 2. The average Bonchev–Trinajstić information content (AvgIpc) is 3.03. The lowest BCUT2D eigenvalue weighted by atomic mass is 10.1. The zero-order chi connectivity index (χ0) is 18.7. The molecule has 25 heavy (non-hydrogen) atoms. The van der Waals surface area contributed by atoms with E-state index in [1.54, 1.807) is 13.8 Å². The Bertz CT molecular complexity index is 703. The highest BCUT2D eigenvalue weighted by molar-refractivity contribution is 6.47. The van der Waals surface area contributed by atoms with Crippen molar-refractivity contribution in [2.24, 2.45) is 11.7 Å². The fourth-order valence-corrected chi connectivity index (χ4v) is 2.86. The number of benzene rings is 1. The molecule has 1 saturated carbocycles. The summed E-state index contributed by atoms with van der Waals surface area (Å²) in [6, 6.07) is 0.985. The second-order valence-electron chi connectivity index (χ2n) is 6.31. The number of carbonyl (C=O) groups is 2. The normalized spacial score (nSPS) is 14.6. The van der Waals surface area contributed by atoms with Crippen LogP contribution in [-0.2, 0) is 4.79 Å². The van der Waals surface area contributed by atoms with Crippen LogP contribution in [0, 0.1) is 17.1 Å². The van der Waals surface area contributed by atoms with E-state index in [9.17, 15) is 14.0 Å². The molecule has 1 aromatic rings. The molecule has 1 aliphatic carbocycles. The zero-order valence-electron chi connectivity index (χ0n) is 14.1. The highest BCUT2D eigenvalue weighted by Crippen LogP contribution is 2.35. The highest BCUT2D eigenvalue weighted by atomic mass is 35.5. The summed E-state index contributed by atoms with van der Waals surface area (Å²) in [5.74, 6) is -2.14. The minimum atomic E-state index is -1.18. The monoisotopic (exact) mass is 369 g/mol. The molecule has 0 bridgehead atoms. The topological polar surface area (TPSA) is 96.5 Å². The second kappa shape index (κ2) is 7.82. The lowest BCUT2D eigenvalue weighted by Gasteiger charge is -2.22. The van der Waals surface area contributed by atoms with Gasteiger partial charge < -0.3 is 10.5 Å². The predicted octanol–water partition coefficient (Wildman–Crippen LogP) is 3.89. The van der Waals surface area contributed by atoms with Crippen molar-refractivity contribution in [2.75, 3.05) is 4.90 Å². The van der Waals surface area contributed by atoms with E-state index in [1.807, 2.05) is 0 Å². The average molecular weight is 370 g/mol. The molecule has 0 heterocycles. The summed E-state index contributed by atoms with van der Waals surface area (Å²) >= 11 is 6.03. The van der Waals surface area contributed by atoms with E-state index in [-0.39, 0.29) is 28.3 Å². The Morgan fingerprint density at radius 1 is 1.36 bits per heavy atom. The minimum absolute atomic E-state index is 0.0393. The maximum atomic E-state index is 14.4. The van der Waals surface area contributed by atoms with Crippen LogP contribution >= 0.6 is 11.6 Å². The van der Waals surface area contributed by atoms with Crippen molar-refractivity contribution >= 4 is 34.9 Å². The van der Waals surface area contributed by atoms with Gasteiger partial charge in [0.05, 0.1) is 22.5 Å². The van der Waals surface area contributed by atoms with Crippen LogP contribution in [0.4, 0.5) is 14.9 Å². The van der Waals surface area contributed by atoms with E-state index in [0.717, 1.165) is 31.7 Å². The van der Waals surface area contributed by atoms with Gasteiger partial charge in [0.1, 0.15) is 11.6 Å². The molecular formula is C17H21ClFN3O3. The zero-order valence-corrected chi connectivity index (χ0v) is 14.9. The lowest BCUT2D eigenvalue weighted by Crippen LogP contribution is -2.46. The standard InChI is InChI=1S/C17H21ClFN3O3/c1-9(2)15(20)16(23)22(17(21)24)13-8-14(11(18)7-12(13)19)25-10-5-3-4-6-10/h7-10,20H,3-6H2,1-2H3,(H2,21,24). The molecule has 8 heteroatoms. The van der Waals surface area contributed by atoms with Gasteiger partial charge in [0, 0.05) is 12.0 Å². The molecule has 0 unspecified atom stereocenters. The Kier molecular flexibility index (Phi) is 6.00. The number of rotatable bonds is 5. The number of ether oxygens (including phenoxy) is 1. The number of carbonyl (C=O) groups excluding carboxylic acids is 2. The summed E-state index contributed by atoms with van der Waals surface area (Å²) < 4.78 is 20.1. The fourth-order valence-electron chi connectivity index (χ4n) is 2.66. The number of amides is 3. The molecule has 3 N–H and O–H groups in total. The summed E-state index contributed by atoms with van der Waals surface area (Å²) in [6.45, 7) is 3.23. The van der Waals surface area contributed by atoms with E-state index in [2.05, 4.69) is 0 Å². The molecule has 0 atom stereocenters. The van der Waals surface area contributed by atoms with Gasteiger partial charge in [-0.05, 0) is 31.7 Å². The fraction of sp³-hybridized carbons (Fsp3) is 0.471. The van der Waals surface area contributed by atoms with Gasteiger partial charge >= 0.3 is 6.03 Å². The van der Waals surface area contributed by atoms with Gasteiger partial charge in [0.25, 0.3) is 5.91 Å². The molecule has 0 radical (unpaired) electrons. The van der Waals surface area contributed by atoms with Gasteiger partial charge in [-0.1, -0.05) is 25.4 Å². The van der Waals surface area contributed by atoms with Crippen molar-refractivity contribution in [3.8, 4) is 5.75 Å². The maximum Gasteiger partial charge on any atom is 0.326 e. The number of nitrogens with two attached hydrogens (primary N) is 1. The van der Waals surface area contributed by atoms with Crippen molar-refractivity contribution in [1.82, 2.24) is 0 Å². The molecule has 6 nitrogen and oxygen atoms in total. The van der Waals surface area contributed by atoms with Crippen LogP contribution in [0.15, 0.2) is 12.1 Å². The first-order chi connectivity index (χ1) is 11.7. The smallest absolute Gasteiger partial charge is 0.326 e. The third kappa shape index (κ3) is 4.28. The Labute approximate surface area is 150 Å². The molecular weight excluding hydrogens is 349 g/mol. The number of anilines is 1. The number of primary amides is 1. The van der Waals surface area contributed by atoms with Gasteiger partial charge in [-0.15, -0.1) is 0 Å². The van der Waals surface area contributed by atoms with Gasteiger partial charge in [-0.25, -0.2) is 14.1 Å². The third-order valence-corrected chi connectivity index (χ3v) is 4.36. The first kappa shape index (κ1) is 19.2. The van der Waals surface area contributed by atoms with E-state index >= 15 is 0 Å². The number of imide groups is 1. The molecule has 1 aliphatic rings. The molecule has 0 aromatic heterocycles. The summed E-state index contributed by atoms with van der Waals surface area (Å²) in [7, 11) is 0. The Morgan fingerprint density at radius 2 is 1.96 bits per heavy atom. The summed E-state index contributed by atoms with van der Waals surface area (Å²) in [5, 5.41) is 7.84. The highest BCUT2D eigenvalue weighted by Gasteiger charge is 2.30. The Morgan fingerprint density at radius 3 is 2.48 bits per heavy atom. The van der Waals surface area contributed by atoms with Crippen molar-refractivity contribution in [3.05, 3.63) is 23.0 Å². The predicted molar refractivity (Wildman–Crippen MR) is 93.9 cm³/mol. The van der Waals surface area contributed by atoms with Crippen LogP contribution in [0.1, 0.15) is 39.5 Å². The van der Waals surface area contributed by atoms with E-state index in [4.69, 9.17) is 27.5 Å². The molecule has 1 fully saturated rings. The molecule has 1 aromatic carbocycles. The summed E-state index contributed by atoms with van der Waals surface area (Å²) in [4.78, 5) is 24.6. The van der Waals surface area contributed by atoms with Crippen LogP contribution in [0.5, 0.6) is 5.75 Å². The molecule has 136 valence electrons. The summed E-state index contributed by atoms with van der Waals surface area (Å²) in [6.07, 6.45) is 3.75. The van der Waals surface area contributed by atoms with E-state index < -0.39 is 23.7 Å². The van der Waals surface area contributed by atoms with E-state index in [1.165, 1.54) is 6.07 Å². The van der Waals surface area contributed by atoms with Crippen LogP contribution in [-0.4, -0.2) is 23.8 Å². The van der Waals surface area contributed by atoms with Crippen molar-refractivity contribution in [2.45, 2.75) is 45.6 Å². The first-order valence-electron chi connectivity index (χ1n) is 8.10. The van der Waals surface area contributed by atoms with Crippen molar-refractivity contribution in [3.63, 3.8) is 0 Å². The Hall–Kier alpha value is -2.15. The van der Waals surface area contributed by atoms with Gasteiger partial charge in [-0.2, -0.15) is 0 Å². The van der Waals surface area contributed by atoms with Crippen molar-refractivity contribution in [1.29, 1.82) is 5.41 Å². The molecule has 3 amide bonds. The number of nitrogens with one attached hydrogen (secondary N) is 1. The SMILES string of the molecule is CC(C)C(=N)C(=O)N(C(N)=O)c1cc(OC2CCCC2)c(Cl)cc1F. The minimum Gasteiger partial charge on any atom is -0.489 e. The van der Waals surface area contributed by atoms with Gasteiger partial charge in [0.15, 0.2) is 0 Å². The van der Waals surface area contributed by atoms with Crippen molar-refractivity contribution < 1.29 is 18.7 Å². The quantitative estimate of drug-likeness (QED) is 0.770. The molecule has 0 saturated heterocycles. The number of hydrogen-bond acceptors (Lipinski definition) is 4. The molecule has 2 rings (SSSR count). The first-order valence-corrected chi connectivity index (χ1v) is 8.48. The van der Waals surface area contributed by atoms with Crippen LogP contribution in [0.2, 0.25) is 5.02 Å². The molecule has 0 spiro atoms. The van der Waals surface area contributed by atoms with Gasteiger partial charge in [-0.3, -0.25) is 10.2 Å². The van der Waals surface area contributed by atoms with Crippen LogP contribution in [0.25, 0.3) is 0 Å².